The summed E-state index contributed by atoms with van der Waals surface area (Å²) in [6, 6.07) is 0.617. The van der Waals surface area contributed by atoms with Crippen molar-refractivity contribution in [1.29, 1.82) is 0 Å². The molecule has 1 aromatic rings. The number of likely N-dealkylation sites (tertiary alicyclic amines) is 1. The first-order valence-electron chi connectivity index (χ1n) is 6.98. The summed E-state index contributed by atoms with van der Waals surface area (Å²) in [5.74, 6) is -0.860. The van der Waals surface area contributed by atoms with E-state index in [4.69, 9.17) is 0 Å². The van der Waals surface area contributed by atoms with Crippen LogP contribution in [-0.2, 0) is 4.74 Å². The summed E-state index contributed by atoms with van der Waals surface area (Å²) in [4.78, 5) is 26.9. The third-order valence-electron chi connectivity index (χ3n) is 3.50. The van der Waals surface area contributed by atoms with E-state index in [0.29, 0.717) is 6.42 Å². The maximum Gasteiger partial charge on any atom is 0.401 e. The minimum atomic E-state index is -4.29. The predicted octanol–water partition coefficient (Wildman–Crippen LogP) is 1.82. The van der Waals surface area contributed by atoms with E-state index in [1.165, 1.54) is 4.90 Å². The molecule has 0 bridgehead atoms. The van der Waals surface area contributed by atoms with Crippen LogP contribution in [0.3, 0.4) is 0 Å². The minimum Gasteiger partial charge on any atom is -0.465 e. The van der Waals surface area contributed by atoms with Crippen LogP contribution in [0.4, 0.5) is 24.7 Å². The second kappa shape index (κ2) is 6.99. The van der Waals surface area contributed by atoms with Crippen molar-refractivity contribution in [3.63, 3.8) is 0 Å². The van der Waals surface area contributed by atoms with Crippen molar-refractivity contribution in [3.8, 4) is 0 Å². The molecular formula is C13H15F3N4O4. The van der Waals surface area contributed by atoms with E-state index >= 15 is 0 Å². The molecule has 1 N–H and O–H groups in total. The minimum absolute atomic E-state index is 0.0835. The lowest BCUT2D eigenvalue weighted by molar-refractivity contribution is -0.384. The number of pyridine rings is 1. The Labute approximate surface area is 134 Å². The fourth-order valence-electron chi connectivity index (χ4n) is 2.47. The van der Waals surface area contributed by atoms with Crippen LogP contribution < -0.4 is 5.32 Å². The summed E-state index contributed by atoms with van der Waals surface area (Å²) >= 11 is 0. The highest BCUT2D eigenvalue weighted by Gasteiger charge is 2.35. The molecule has 1 aliphatic heterocycles. The first-order chi connectivity index (χ1) is 11.2. The molecule has 1 atom stereocenters. The van der Waals surface area contributed by atoms with E-state index in [-0.39, 0.29) is 24.5 Å². The average Bonchev–Trinajstić information content (AvgIpc) is 2.91. The van der Waals surface area contributed by atoms with E-state index in [0.717, 1.165) is 19.4 Å². The molecule has 8 nitrogen and oxygen atoms in total. The zero-order chi connectivity index (χ0) is 17.9. The molecule has 1 saturated heterocycles. The largest absolute Gasteiger partial charge is 0.465 e. The number of anilines is 1. The number of ether oxygens (including phenoxy) is 1. The second-order valence-electron chi connectivity index (χ2n) is 5.32. The molecule has 0 radical (unpaired) electrons. The maximum atomic E-state index is 12.4. The molecule has 2 rings (SSSR count). The van der Waals surface area contributed by atoms with Gasteiger partial charge in [-0.05, 0) is 6.42 Å². The Bertz CT molecular complexity index is 638. The Morgan fingerprint density at radius 1 is 1.58 bits per heavy atom. The molecule has 0 spiro atoms. The quantitative estimate of drug-likeness (QED) is 0.492. The third-order valence-corrected chi connectivity index (χ3v) is 3.50. The van der Waals surface area contributed by atoms with Gasteiger partial charge in [-0.25, -0.2) is 9.78 Å². The van der Waals surface area contributed by atoms with Gasteiger partial charge in [0.05, 0.1) is 24.1 Å². The Morgan fingerprint density at radius 3 is 2.88 bits per heavy atom. The number of halogens is 3. The van der Waals surface area contributed by atoms with Crippen molar-refractivity contribution in [1.82, 2.24) is 9.88 Å². The summed E-state index contributed by atoms with van der Waals surface area (Å²) < 4.78 is 41.6. The number of nitrogens with zero attached hydrogens (tertiary/aromatic N) is 3. The molecule has 24 heavy (non-hydrogen) atoms. The average molecular weight is 348 g/mol. The van der Waals surface area contributed by atoms with Crippen LogP contribution >= 0.6 is 0 Å². The fraction of sp³-hybridized carbons (Fsp3) is 0.538. The lowest BCUT2D eigenvalue weighted by atomic mass is 10.2. The third kappa shape index (κ3) is 4.54. The highest BCUT2D eigenvalue weighted by atomic mass is 19.4. The van der Waals surface area contributed by atoms with Gasteiger partial charge in [0.15, 0.2) is 0 Å². The molecule has 0 amide bonds. The first-order valence-corrected chi connectivity index (χ1v) is 6.98. The molecule has 1 aliphatic rings. The lowest BCUT2D eigenvalue weighted by Crippen LogP contribution is -2.34. The fourth-order valence-corrected chi connectivity index (χ4v) is 2.47. The molecule has 0 saturated carbocycles. The Kier molecular flexibility index (Phi) is 5.22. The van der Waals surface area contributed by atoms with E-state index in [9.17, 15) is 28.1 Å². The van der Waals surface area contributed by atoms with Crippen molar-refractivity contribution in [2.24, 2.45) is 0 Å². The first kappa shape index (κ1) is 17.9. The number of alkyl halides is 3. The molecule has 2 heterocycles. The van der Waals surface area contributed by atoms with E-state index in [1.807, 2.05) is 0 Å². The molecule has 0 aromatic carbocycles. The number of nitrogens with one attached hydrogen (secondary N) is 1. The molecule has 0 aliphatic carbocycles. The van der Waals surface area contributed by atoms with Crippen LogP contribution in [0, 0.1) is 10.1 Å². The van der Waals surface area contributed by atoms with Crippen LogP contribution in [0.25, 0.3) is 0 Å². The van der Waals surface area contributed by atoms with Crippen LogP contribution in [0.2, 0.25) is 0 Å². The number of nitro groups is 1. The number of aromatic nitrogens is 1. The van der Waals surface area contributed by atoms with Gasteiger partial charge in [0.2, 0.25) is 5.82 Å². The predicted molar refractivity (Wildman–Crippen MR) is 76.8 cm³/mol. The van der Waals surface area contributed by atoms with Gasteiger partial charge < -0.3 is 10.1 Å². The van der Waals surface area contributed by atoms with Crippen molar-refractivity contribution < 1.29 is 27.6 Å². The number of hydrogen-bond donors (Lipinski definition) is 1. The Hall–Kier alpha value is -2.43. The van der Waals surface area contributed by atoms with Crippen molar-refractivity contribution in [2.45, 2.75) is 18.6 Å². The summed E-state index contributed by atoms with van der Waals surface area (Å²) in [6.45, 7) is -0.704. The Balaban J connectivity index is 2.10. The van der Waals surface area contributed by atoms with E-state index in [1.54, 1.807) is 0 Å². The van der Waals surface area contributed by atoms with Crippen LogP contribution in [-0.4, -0.2) is 59.7 Å². The monoisotopic (exact) mass is 348 g/mol. The summed E-state index contributed by atoms with van der Waals surface area (Å²) in [7, 11) is 1.13. The van der Waals surface area contributed by atoms with Gasteiger partial charge in [-0.1, -0.05) is 0 Å². The highest BCUT2D eigenvalue weighted by molar-refractivity contribution is 5.90. The molecule has 1 fully saturated rings. The van der Waals surface area contributed by atoms with Gasteiger partial charge in [-0.3, -0.25) is 15.0 Å². The SMILES string of the molecule is COC(=O)c1cnc(NC2CCN(CC(F)(F)F)C2)c([N+](=O)[O-])c1. The number of esters is 1. The van der Waals surface area contributed by atoms with Crippen LogP contribution in [0.15, 0.2) is 12.3 Å². The van der Waals surface area contributed by atoms with Gasteiger partial charge >= 0.3 is 17.8 Å². The summed E-state index contributed by atoms with van der Waals surface area (Å²) in [5, 5.41) is 13.9. The van der Waals surface area contributed by atoms with Crippen molar-refractivity contribution in [3.05, 3.63) is 27.9 Å². The van der Waals surface area contributed by atoms with Crippen molar-refractivity contribution >= 4 is 17.5 Å². The normalized spacial score (nSPS) is 18.4. The molecule has 1 aromatic heterocycles. The topological polar surface area (TPSA) is 97.6 Å². The van der Waals surface area contributed by atoms with Gasteiger partial charge in [0.25, 0.3) is 0 Å². The molecule has 11 heteroatoms. The van der Waals surface area contributed by atoms with Crippen LogP contribution in [0.5, 0.6) is 0 Å². The summed E-state index contributed by atoms with van der Waals surface area (Å²) in [5.41, 5.74) is -0.521. The highest BCUT2D eigenvalue weighted by Crippen LogP contribution is 2.26. The maximum absolute atomic E-state index is 12.4. The van der Waals surface area contributed by atoms with Crippen molar-refractivity contribution in [2.75, 3.05) is 32.1 Å². The number of carbonyl (C=O) groups is 1. The molecular weight excluding hydrogens is 333 g/mol. The molecule has 1 unspecified atom stereocenters. The van der Waals surface area contributed by atoms with Crippen LogP contribution in [0.1, 0.15) is 16.8 Å². The number of carbonyl (C=O) groups excluding carboxylic acids is 1. The zero-order valence-electron chi connectivity index (χ0n) is 12.7. The number of methoxy groups -OCH3 is 1. The summed E-state index contributed by atoms with van der Waals surface area (Å²) in [6.07, 6.45) is -2.78. The number of rotatable bonds is 5. The van der Waals surface area contributed by atoms with Gasteiger partial charge in [-0.2, -0.15) is 13.2 Å². The van der Waals surface area contributed by atoms with Gasteiger partial charge in [-0.15, -0.1) is 0 Å². The second-order valence-corrected chi connectivity index (χ2v) is 5.32. The van der Waals surface area contributed by atoms with E-state index in [2.05, 4.69) is 15.0 Å². The van der Waals surface area contributed by atoms with Gasteiger partial charge in [0.1, 0.15) is 0 Å². The van der Waals surface area contributed by atoms with E-state index < -0.39 is 35.3 Å². The molecule has 132 valence electrons. The zero-order valence-corrected chi connectivity index (χ0v) is 12.7. The lowest BCUT2D eigenvalue weighted by Gasteiger charge is -2.18. The smallest absolute Gasteiger partial charge is 0.401 e. The Morgan fingerprint density at radius 2 is 2.29 bits per heavy atom. The van der Waals surface area contributed by atoms with Gasteiger partial charge in [0, 0.05) is 31.4 Å². The standard InChI is InChI=1S/C13H15F3N4O4/c1-24-12(21)8-4-10(20(22)23)11(17-5-8)18-9-2-3-19(6-9)7-13(14,15)16/h4-5,9H,2-3,6-7H2,1H3,(H,17,18). The number of hydrogen-bond acceptors (Lipinski definition) is 7.